The third-order valence-corrected chi connectivity index (χ3v) is 5.39. The number of imide groups is 1. The van der Waals surface area contributed by atoms with Crippen LogP contribution < -0.4 is 15.2 Å². The van der Waals surface area contributed by atoms with Crippen molar-refractivity contribution in [3.63, 3.8) is 0 Å². The number of hydrogen-bond donors (Lipinski definition) is 1. The monoisotopic (exact) mass is 462 g/mol. The van der Waals surface area contributed by atoms with Crippen molar-refractivity contribution in [1.29, 1.82) is 0 Å². The second-order valence-electron chi connectivity index (χ2n) is 7.09. The summed E-state index contributed by atoms with van der Waals surface area (Å²) in [5.41, 5.74) is 5.48. The van der Waals surface area contributed by atoms with Gasteiger partial charge in [0, 0.05) is 13.2 Å². The van der Waals surface area contributed by atoms with Gasteiger partial charge in [-0.05, 0) is 36.8 Å². The van der Waals surface area contributed by atoms with E-state index in [0.717, 1.165) is 11.2 Å². The van der Waals surface area contributed by atoms with E-state index in [1.165, 1.54) is 14.0 Å². The molecule has 32 heavy (non-hydrogen) atoms. The highest BCUT2D eigenvalue weighted by Gasteiger charge is 2.41. The lowest BCUT2D eigenvalue weighted by Crippen LogP contribution is -2.37. The van der Waals surface area contributed by atoms with Crippen LogP contribution in [0.2, 0.25) is 0 Å². The predicted octanol–water partition coefficient (Wildman–Crippen LogP) is 1.97. The van der Waals surface area contributed by atoms with Crippen molar-refractivity contribution < 1.29 is 32.3 Å². The molecule has 3 amide bonds. The zero-order valence-electron chi connectivity index (χ0n) is 18.3. The standard InChI is InChI=1S/C20H21NO6S.C2H5NO/c1-4-27-18-11-13(9-10-17(18)26-2)16(12-28(3,24)25)21-19(22)14-7-5-6-8-15(14)20(21)23;1-2(3)4/h5-11,16H,4,12H2,1-3H3;1H3,(H2,3,4)/t16-;/m1./s1. The number of sulfone groups is 1. The van der Waals surface area contributed by atoms with Crippen LogP contribution in [0.4, 0.5) is 0 Å². The molecular formula is C22H26N2O7S. The quantitative estimate of drug-likeness (QED) is 0.622. The number of ether oxygens (including phenoxy) is 2. The highest BCUT2D eigenvalue weighted by Crippen LogP contribution is 2.36. The van der Waals surface area contributed by atoms with Crippen molar-refractivity contribution in [2.24, 2.45) is 5.73 Å². The molecule has 10 heteroatoms. The van der Waals surface area contributed by atoms with E-state index in [0.29, 0.717) is 23.7 Å². The second kappa shape index (κ2) is 10.3. The SMILES string of the molecule is CC(N)=O.CCOc1cc([C@@H](CS(C)(=O)=O)N2C(=O)c3ccccc3C2=O)ccc1OC. The molecule has 0 fully saturated rings. The molecule has 0 unspecified atom stereocenters. The van der Waals surface area contributed by atoms with Gasteiger partial charge in [0.25, 0.3) is 11.8 Å². The summed E-state index contributed by atoms with van der Waals surface area (Å²) in [4.78, 5) is 36.0. The molecule has 0 bridgehead atoms. The first kappa shape index (κ1) is 24.9. The van der Waals surface area contributed by atoms with Crippen molar-refractivity contribution in [3.05, 3.63) is 59.2 Å². The minimum Gasteiger partial charge on any atom is -0.493 e. The molecule has 0 saturated carbocycles. The minimum absolute atomic E-state index is 0.268. The van der Waals surface area contributed by atoms with E-state index in [2.05, 4.69) is 5.73 Å². The van der Waals surface area contributed by atoms with E-state index < -0.39 is 33.4 Å². The summed E-state index contributed by atoms with van der Waals surface area (Å²) in [7, 11) is -2.01. The Morgan fingerprint density at radius 1 is 1.06 bits per heavy atom. The van der Waals surface area contributed by atoms with E-state index in [9.17, 15) is 22.8 Å². The number of rotatable bonds is 7. The van der Waals surface area contributed by atoms with Crippen LogP contribution in [-0.4, -0.2) is 56.8 Å². The molecule has 0 radical (unpaired) electrons. The molecule has 172 valence electrons. The van der Waals surface area contributed by atoms with E-state index in [1.54, 1.807) is 42.5 Å². The van der Waals surface area contributed by atoms with Crippen LogP contribution in [-0.2, 0) is 14.6 Å². The lowest BCUT2D eigenvalue weighted by Gasteiger charge is -2.26. The number of fused-ring (bicyclic) bond motifs is 1. The number of hydrogen-bond acceptors (Lipinski definition) is 7. The fourth-order valence-electron chi connectivity index (χ4n) is 3.27. The number of primary amides is 1. The minimum atomic E-state index is -3.50. The molecule has 2 aromatic carbocycles. The molecule has 0 aliphatic carbocycles. The van der Waals surface area contributed by atoms with Crippen LogP contribution in [0.3, 0.4) is 0 Å². The average molecular weight is 463 g/mol. The summed E-state index contributed by atoms with van der Waals surface area (Å²) in [5.74, 6) is -0.856. The zero-order valence-corrected chi connectivity index (χ0v) is 19.1. The van der Waals surface area contributed by atoms with Gasteiger partial charge in [-0.15, -0.1) is 0 Å². The van der Waals surface area contributed by atoms with Crippen LogP contribution in [0, 0.1) is 0 Å². The molecule has 0 saturated heterocycles. The Balaban J connectivity index is 0.000000837. The summed E-state index contributed by atoms with van der Waals surface area (Å²) in [5, 5.41) is 0. The van der Waals surface area contributed by atoms with Crippen LogP contribution >= 0.6 is 0 Å². The number of methoxy groups -OCH3 is 1. The molecule has 1 aliphatic heterocycles. The number of amides is 3. The van der Waals surface area contributed by atoms with Crippen molar-refractivity contribution in [2.75, 3.05) is 25.7 Å². The maximum Gasteiger partial charge on any atom is 0.262 e. The molecule has 0 aromatic heterocycles. The predicted molar refractivity (Wildman–Crippen MR) is 118 cm³/mol. The molecule has 9 nitrogen and oxygen atoms in total. The van der Waals surface area contributed by atoms with Gasteiger partial charge in [0.1, 0.15) is 9.84 Å². The Morgan fingerprint density at radius 3 is 2.03 bits per heavy atom. The molecule has 1 heterocycles. The molecule has 2 N–H and O–H groups in total. The van der Waals surface area contributed by atoms with E-state index in [-0.39, 0.29) is 17.0 Å². The smallest absolute Gasteiger partial charge is 0.262 e. The van der Waals surface area contributed by atoms with Gasteiger partial charge in [-0.2, -0.15) is 0 Å². The van der Waals surface area contributed by atoms with Gasteiger partial charge in [-0.1, -0.05) is 18.2 Å². The van der Waals surface area contributed by atoms with Gasteiger partial charge in [-0.25, -0.2) is 8.42 Å². The molecule has 1 aliphatic rings. The fourth-order valence-corrected chi connectivity index (χ4v) is 4.18. The third-order valence-electron chi connectivity index (χ3n) is 4.47. The van der Waals surface area contributed by atoms with E-state index in [1.807, 2.05) is 6.92 Å². The molecular weight excluding hydrogens is 436 g/mol. The zero-order chi connectivity index (χ0) is 24.1. The Morgan fingerprint density at radius 2 is 1.59 bits per heavy atom. The Bertz CT molecular complexity index is 1090. The van der Waals surface area contributed by atoms with Crippen molar-refractivity contribution in [2.45, 2.75) is 19.9 Å². The largest absolute Gasteiger partial charge is 0.493 e. The molecule has 0 spiro atoms. The summed E-state index contributed by atoms with van der Waals surface area (Å²) >= 11 is 0. The normalized spacial score (nSPS) is 13.7. The maximum atomic E-state index is 12.9. The lowest BCUT2D eigenvalue weighted by molar-refractivity contribution is -0.115. The Hall–Kier alpha value is -3.40. The maximum absolute atomic E-state index is 12.9. The Kier molecular flexibility index (Phi) is 7.98. The summed E-state index contributed by atoms with van der Waals surface area (Å²) < 4.78 is 35.0. The first-order chi connectivity index (χ1) is 15.0. The van der Waals surface area contributed by atoms with Crippen molar-refractivity contribution in [3.8, 4) is 11.5 Å². The summed E-state index contributed by atoms with van der Waals surface area (Å²) in [6.45, 7) is 3.49. The average Bonchev–Trinajstić information content (AvgIpc) is 2.96. The van der Waals surface area contributed by atoms with Gasteiger partial charge in [0.05, 0.1) is 36.6 Å². The van der Waals surface area contributed by atoms with E-state index in [4.69, 9.17) is 9.47 Å². The highest BCUT2D eigenvalue weighted by molar-refractivity contribution is 7.90. The van der Waals surface area contributed by atoms with Crippen molar-refractivity contribution >= 4 is 27.6 Å². The topological polar surface area (TPSA) is 133 Å². The van der Waals surface area contributed by atoms with Crippen molar-refractivity contribution in [1.82, 2.24) is 4.90 Å². The number of nitrogens with zero attached hydrogens (tertiary/aromatic N) is 1. The van der Waals surface area contributed by atoms with Gasteiger partial charge in [0.2, 0.25) is 5.91 Å². The van der Waals surface area contributed by atoms with Crippen LogP contribution in [0.5, 0.6) is 11.5 Å². The Labute approximate surface area is 187 Å². The number of nitrogens with two attached hydrogens (primary N) is 1. The lowest BCUT2D eigenvalue weighted by atomic mass is 10.1. The van der Waals surface area contributed by atoms with Crippen LogP contribution in [0.25, 0.3) is 0 Å². The van der Waals surface area contributed by atoms with Gasteiger partial charge < -0.3 is 15.2 Å². The van der Waals surface area contributed by atoms with Gasteiger partial charge in [0.15, 0.2) is 11.5 Å². The third kappa shape index (κ3) is 5.85. The number of benzene rings is 2. The fraction of sp³-hybridized carbons (Fsp3) is 0.318. The highest BCUT2D eigenvalue weighted by atomic mass is 32.2. The molecule has 2 aromatic rings. The van der Waals surface area contributed by atoms with Crippen LogP contribution in [0.15, 0.2) is 42.5 Å². The first-order valence-corrected chi connectivity index (χ1v) is 11.8. The summed E-state index contributed by atoms with van der Waals surface area (Å²) in [6, 6.07) is 10.4. The van der Waals surface area contributed by atoms with Crippen LogP contribution in [0.1, 0.15) is 46.2 Å². The molecule has 3 rings (SSSR count). The van der Waals surface area contributed by atoms with E-state index >= 15 is 0 Å². The van der Waals surface area contributed by atoms with Gasteiger partial charge in [-0.3, -0.25) is 19.3 Å². The second-order valence-corrected chi connectivity index (χ2v) is 9.27. The first-order valence-electron chi connectivity index (χ1n) is 9.71. The van der Waals surface area contributed by atoms with Gasteiger partial charge >= 0.3 is 0 Å². The molecule has 1 atom stereocenters. The number of carbonyl (C=O) groups excluding carboxylic acids is 3. The summed E-state index contributed by atoms with van der Waals surface area (Å²) in [6.07, 6.45) is 1.07. The number of carbonyl (C=O) groups is 3.